The van der Waals surface area contributed by atoms with Gasteiger partial charge in [0.05, 0.1) is 0 Å². The minimum Gasteiger partial charge on any atom is -0.454 e. The number of carbonyl (C=O) groups is 3. The maximum atomic E-state index is 12.9. The molecule has 1 saturated heterocycles. The van der Waals surface area contributed by atoms with E-state index in [1.165, 1.54) is 6.42 Å². The van der Waals surface area contributed by atoms with Crippen LogP contribution in [0, 0.1) is 5.92 Å². The number of rotatable bonds is 5. The molecule has 2 N–H and O–H groups in total. The van der Waals surface area contributed by atoms with Gasteiger partial charge in [-0.05, 0) is 43.4 Å². The van der Waals surface area contributed by atoms with Crippen molar-refractivity contribution in [3.63, 3.8) is 0 Å². The van der Waals surface area contributed by atoms with Gasteiger partial charge in [-0.25, -0.2) is 4.79 Å². The first-order valence-electron chi connectivity index (χ1n) is 9.77. The highest BCUT2D eigenvalue weighted by molar-refractivity contribution is 6.09. The summed E-state index contributed by atoms with van der Waals surface area (Å²) in [6.07, 6.45) is 5.15. The van der Waals surface area contributed by atoms with Crippen LogP contribution < -0.4 is 20.1 Å². The molecule has 2 fully saturated rings. The lowest BCUT2D eigenvalue weighted by atomic mass is 9.75. The Morgan fingerprint density at radius 1 is 1.21 bits per heavy atom. The summed E-state index contributed by atoms with van der Waals surface area (Å²) in [7, 11) is 0. The number of ether oxygens (including phenoxy) is 2. The molecule has 1 atom stereocenters. The second kappa shape index (κ2) is 7.33. The summed E-state index contributed by atoms with van der Waals surface area (Å²) >= 11 is 0. The van der Waals surface area contributed by atoms with E-state index in [2.05, 4.69) is 10.6 Å². The fraction of sp³-hybridized carbons (Fsp3) is 0.550. The monoisotopic (exact) mass is 387 g/mol. The van der Waals surface area contributed by atoms with Gasteiger partial charge in [-0.3, -0.25) is 14.5 Å². The number of amides is 4. The van der Waals surface area contributed by atoms with Crippen LogP contribution in [0.3, 0.4) is 0 Å². The van der Waals surface area contributed by atoms with Crippen molar-refractivity contribution in [3.05, 3.63) is 23.8 Å². The number of nitrogens with one attached hydrogen (secondary N) is 2. The fourth-order valence-corrected chi connectivity index (χ4v) is 4.27. The van der Waals surface area contributed by atoms with Crippen LogP contribution in [0.25, 0.3) is 0 Å². The third-order valence-electron chi connectivity index (χ3n) is 5.95. The van der Waals surface area contributed by atoms with Crippen LogP contribution in [0.4, 0.5) is 4.79 Å². The summed E-state index contributed by atoms with van der Waals surface area (Å²) in [6, 6.07) is 4.94. The Kier molecular flexibility index (Phi) is 4.87. The molecule has 1 aromatic rings. The zero-order chi connectivity index (χ0) is 19.7. The second-order valence-electron chi connectivity index (χ2n) is 7.82. The van der Waals surface area contributed by atoms with E-state index in [9.17, 15) is 14.4 Å². The Morgan fingerprint density at radius 3 is 2.75 bits per heavy atom. The van der Waals surface area contributed by atoms with Gasteiger partial charge in [0.2, 0.25) is 12.7 Å². The third kappa shape index (κ3) is 3.39. The summed E-state index contributed by atoms with van der Waals surface area (Å²) in [5.41, 5.74) is -0.0587. The van der Waals surface area contributed by atoms with E-state index < -0.39 is 11.6 Å². The van der Waals surface area contributed by atoms with Crippen molar-refractivity contribution >= 4 is 17.8 Å². The maximum absolute atomic E-state index is 12.9. The van der Waals surface area contributed by atoms with Gasteiger partial charge in [0.25, 0.3) is 5.91 Å². The van der Waals surface area contributed by atoms with Crippen molar-refractivity contribution in [3.8, 4) is 11.5 Å². The molecule has 4 rings (SSSR count). The van der Waals surface area contributed by atoms with E-state index >= 15 is 0 Å². The number of carbonyl (C=O) groups excluding carboxylic acids is 3. The van der Waals surface area contributed by atoms with Gasteiger partial charge >= 0.3 is 6.03 Å². The van der Waals surface area contributed by atoms with Crippen LogP contribution in [-0.4, -0.2) is 41.6 Å². The molecule has 1 saturated carbocycles. The average Bonchev–Trinajstić information content (AvgIpc) is 3.25. The molecular formula is C20H25N3O5. The third-order valence-corrected chi connectivity index (χ3v) is 5.95. The number of fused-ring (bicyclic) bond motifs is 1. The van der Waals surface area contributed by atoms with Crippen LogP contribution in [-0.2, 0) is 16.1 Å². The first-order chi connectivity index (χ1) is 13.5. The molecule has 2 aliphatic heterocycles. The Balaban J connectivity index is 1.35. The molecule has 0 bridgehead atoms. The van der Waals surface area contributed by atoms with E-state index in [4.69, 9.17) is 9.47 Å². The van der Waals surface area contributed by atoms with Crippen LogP contribution in [0.2, 0.25) is 0 Å². The number of imide groups is 1. The topological polar surface area (TPSA) is 97.0 Å². The zero-order valence-corrected chi connectivity index (χ0v) is 16.0. The quantitative estimate of drug-likeness (QED) is 0.753. The first-order valence-corrected chi connectivity index (χ1v) is 9.77. The molecule has 150 valence electrons. The highest BCUT2D eigenvalue weighted by atomic mass is 16.7. The smallest absolute Gasteiger partial charge is 0.325 e. The number of benzene rings is 1. The molecule has 8 heteroatoms. The van der Waals surface area contributed by atoms with Crippen molar-refractivity contribution in [2.24, 2.45) is 5.92 Å². The lowest BCUT2D eigenvalue weighted by Crippen LogP contribution is -2.51. The van der Waals surface area contributed by atoms with Crippen LogP contribution >= 0.6 is 0 Å². The fourth-order valence-electron chi connectivity index (χ4n) is 4.27. The molecular weight excluding hydrogens is 362 g/mol. The molecule has 8 nitrogen and oxygen atoms in total. The van der Waals surface area contributed by atoms with Gasteiger partial charge in [-0.2, -0.15) is 0 Å². The van der Waals surface area contributed by atoms with Gasteiger partial charge in [0, 0.05) is 6.54 Å². The van der Waals surface area contributed by atoms with Crippen molar-refractivity contribution in [1.29, 1.82) is 0 Å². The standard InChI is InChI=1S/C20H25N3O5/c1-20(14-5-3-2-4-6-14)18(25)23(19(26)22-20)11-17(24)21-10-13-7-8-15-16(9-13)28-12-27-15/h7-9,14H,2-6,10-12H2,1H3,(H,21,24)(H,22,26)/t20-/m1/s1. The number of urea groups is 1. The SMILES string of the molecule is C[C@]1(C2CCCCC2)NC(=O)N(CC(=O)NCc2ccc3c(c2)OCO3)C1=O. The minimum absolute atomic E-state index is 0.124. The largest absolute Gasteiger partial charge is 0.454 e. The lowest BCUT2D eigenvalue weighted by Gasteiger charge is -2.34. The van der Waals surface area contributed by atoms with Crippen molar-refractivity contribution < 1.29 is 23.9 Å². The molecule has 1 aliphatic carbocycles. The Bertz CT molecular complexity index is 805. The van der Waals surface area contributed by atoms with E-state index in [-0.39, 0.29) is 37.6 Å². The number of hydrogen-bond donors (Lipinski definition) is 2. The van der Waals surface area contributed by atoms with Crippen molar-refractivity contribution in [2.45, 2.75) is 51.1 Å². The van der Waals surface area contributed by atoms with Crippen molar-refractivity contribution in [2.75, 3.05) is 13.3 Å². The van der Waals surface area contributed by atoms with E-state index in [1.54, 1.807) is 19.1 Å². The van der Waals surface area contributed by atoms with Crippen LogP contribution in [0.5, 0.6) is 11.5 Å². The molecule has 3 aliphatic rings. The summed E-state index contributed by atoms with van der Waals surface area (Å²) in [4.78, 5) is 38.6. The zero-order valence-electron chi connectivity index (χ0n) is 16.0. The van der Waals surface area contributed by atoms with E-state index in [0.29, 0.717) is 11.5 Å². The predicted molar refractivity (Wildman–Crippen MR) is 99.6 cm³/mol. The summed E-state index contributed by atoms with van der Waals surface area (Å²) in [5.74, 6) is 0.761. The maximum Gasteiger partial charge on any atom is 0.325 e. The summed E-state index contributed by atoms with van der Waals surface area (Å²) in [6.45, 7) is 1.97. The minimum atomic E-state index is -0.908. The summed E-state index contributed by atoms with van der Waals surface area (Å²) in [5, 5.41) is 5.59. The molecule has 28 heavy (non-hydrogen) atoms. The molecule has 2 heterocycles. The number of nitrogens with zero attached hydrogens (tertiary/aromatic N) is 1. The van der Waals surface area contributed by atoms with E-state index in [1.807, 2.05) is 6.07 Å². The Morgan fingerprint density at radius 2 is 1.96 bits per heavy atom. The summed E-state index contributed by atoms with van der Waals surface area (Å²) < 4.78 is 10.6. The number of hydrogen-bond acceptors (Lipinski definition) is 5. The van der Waals surface area contributed by atoms with Gasteiger partial charge < -0.3 is 20.1 Å². The molecule has 1 aromatic carbocycles. The van der Waals surface area contributed by atoms with Gasteiger partial charge in [0.15, 0.2) is 11.5 Å². The molecule has 0 radical (unpaired) electrons. The lowest BCUT2D eigenvalue weighted by molar-refractivity contribution is -0.136. The van der Waals surface area contributed by atoms with Crippen LogP contribution in [0.1, 0.15) is 44.6 Å². The Labute approximate surface area is 163 Å². The van der Waals surface area contributed by atoms with E-state index in [0.717, 1.165) is 36.1 Å². The second-order valence-corrected chi connectivity index (χ2v) is 7.82. The van der Waals surface area contributed by atoms with Gasteiger partial charge in [0.1, 0.15) is 12.1 Å². The molecule has 0 aromatic heterocycles. The average molecular weight is 387 g/mol. The van der Waals surface area contributed by atoms with Gasteiger partial charge in [-0.15, -0.1) is 0 Å². The highest BCUT2D eigenvalue weighted by Gasteiger charge is 2.52. The molecule has 0 spiro atoms. The normalized spacial score (nSPS) is 24.4. The molecule has 4 amide bonds. The highest BCUT2D eigenvalue weighted by Crippen LogP contribution is 2.36. The van der Waals surface area contributed by atoms with Crippen LogP contribution in [0.15, 0.2) is 18.2 Å². The Hall–Kier alpha value is -2.77. The van der Waals surface area contributed by atoms with Gasteiger partial charge in [-0.1, -0.05) is 25.3 Å². The first kappa shape index (κ1) is 18.6. The predicted octanol–water partition coefficient (Wildman–Crippen LogP) is 1.92. The molecule has 0 unspecified atom stereocenters. The van der Waals surface area contributed by atoms with Crippen molar-refractivity contribution in [1.82, 2.24) is 15.5 Å².